The standard InChI is InChI=1S/C14H13FN2O2/c1-9(10-3-2-6-16-8-10)17-14(19)12-5-4-11(15)7-13(12)18/h2-9,18H,1H3,(H,17,19). The van der Waals surface area contributed by atoms with Crippen molar-refractivity contribution in [2.75, 3.05) is 0 Å². The van der Waals surface area contributed by atoms with Gasteiger partial charge in [0.15, 0.2) is 0 Å². The van der Waals surface area contributed by atoms with Gasteiger partial charge in [-0.2, -0.15) is 0 Å². The lowest BCUT2D eigenvalue weighted by molar-refractivity contribution is 0.0937. The molecule has 1 aromatic heterocycles. The number of nitrogens with zero attached hydrogens (tertiary/aromatic N) is 1. The highest BCUT2D eigenvalue weighted by atomic mass is 19.1. The predicted molar refractivity (Wildman–Crippen MR) is 68.2 cm³/mol. The van der Waals surface area contributed by atoms with Crippen LogP contribution in [0.2, 0.25) is 0 Å². The van der Waals surface area contributed by atoms with Crippen molar-refractivity contribution in [3.8, 4) is 5.75 Å². The van der Waals surface area contributed by atoms with Crippen LogP contribution >= 0.6 is 0 Å². The van der Waals surface area contributed by atoms with Crippen LogP contribution in [0.4, 0.5) is 4.39 Å². The van der Waals surface area contributed by atoms with Crippen LogP contribution in [0.3, 0.4) is 0 Å². The number of pyridine rings is 1. The van der Waals surface area contributed by atoms with E-state index >= 15 is 0 Å². The molecule has 1 aromatic carbocycles. The molecule has 2 aromatic rings. The van der Waals surface area contributed by atoms with Gasteiger partial charge in [0, 0.05) is 18.5 Å². The largest absolute Gasteiger partial charge is 0.507 e. The quantitative estimate of drug-likeness (QED) is 0.890. The zero-order valence-electron chi connectivity index (χ0n) is 10.3. The van der Waals surface area contributed by atoms with Crippen molar-refractivity contribution < 1.29 is 14.3 Å². The smallest absolute Gasteiger partial charge is 0.255 e. The Bertz CT molecular complexity index is 587. The average molecular weight is 260 g/mol. The summed E-state index contributed by atoms with van der Waals surface area (Å²) in [6.45, 7) is 1.80. The molecule has 0 aliphatic rings. The highest BCUT2D eigenvalue weighted by Crippen LogP contribution is 2.19. The van der Waals surface area contributed by atoms with E-state index in [1.54, 1.807) is 25.4 Å². The van der Waals surface area contributed by atoms with Crippen molar-refractivity contribution >= 4 is 5.91 Å². The molecule has 2 rings (SSSR count). The van der Waals surface area contributed by atoms with E-state index in [0.29, 0.717) is 0 Å². The Labute approximate surface area is 109 Å². The lowest BCUT2D eigenvalue weighted by Gasteiger charge is -2.14. The van der Waals surface area contributed by atoms with Gasteiger partial charge in [0.2, 0.25) is 0 Å². The molecular formula is C14H13FN2O2. The maximum absolute atomic E-state index is 12.8. The zero-order valence-corrected chi connectivity index (χ0v) is 10.3. The molecule has 1 heterocycles. The van der Waals surface area contributed by atoms with Crippen LogP contribution in [0.5, 0.6) is 5.75 Å². The van der Waals surface area contributed by atoms with Gasteiger partial charge in [0.25, 0.3) is 5.91 Å². The fraction of sp³-hybridized carbons (Fsp3) is 0.143. The minimum atomic E-state index is -0.589. The first kappa shape index (κ1) is 13.0. The van der Waals surface area contributed by atoms with Gasteiger partial charge in [-0.3, -0.25) is 9.78 Å². The van der Waals surface area contributed by atoms with Crippen LogP contribution in [0, 0.1) is 5.82 Å². The third kappa shape index (κ3) is 3.07. The molecular weight excluding hydrogens is 247 g/mol. The summed E-state index contributed by atoms with van der Waals surface area (Å²) in [5.41, 5.74) is 0.884. The first-order valence-corrected chi connectivity index (χ1v) is 5.77. The number of hydrogen-bond acceptors (Lipinski definition) is 3. The van der Waals surface area contributed by atoms with E-state index < -0.39 is 11.7 Å². The minimum absolute atomic E-state index is 0.0390. The normalized spacial score (nSPS) is 11.9. The molecule has 0 aliphatic heterocycles. The van der Waals surface area contributed by atoms with Crippen molar-refractivity contribution in [1.82, 2.24) is 10.3 Å². The van der Waals surface area contributed by atoms with E-state index in [2.05, 4.69) is 10.3 Å². The number of benzene rings is 1. The molecule has 0 radical (unpaired) electrons. The Balaban J connectivity index is 2.13. The van der Waals surface area contributed by atoms with Crippen LogP contribution in [-0.4, -0.2) is 16.0 Å². The van der Waals surface area contributed by atoms with Crippen molar-refractivity contribution in [3.05, 3.63) is 59.7 Å². The molecule has 1 unspecified atom stereocenters. The second kappa shape index (κ2) is 5.48. The summed E-state index contributed by atoms with van der Waals surface area (Å²) in [6, 6.07) is 6.63. The molecule has 1 atom stereocenters. The molecule has 1 amide bonds. The SMILES string of the molecule is CC(NC(=O)c1ccc(F)cc1O)c1cccnc1. The summed E-state index contributed by atoms with van der Waals surface area (Å²) >= 11 is 0. The van der Waals surface area contributed by atoms with Gasteiger partial charge in [0.05, 0.1) is 11.6 Å². The second-order valence-electron chi connectivity index (χ2n) is 4.14. The van der Waals surface area contributed by atoms with Crippen molar-refractivity contribution in [3.63, 3.8) is 0 Å². The molecule has 98 valence electrons. The number of hydrogen-bond donors (Lipinski definition) is 2. The van der Waals surface area contributed by atoms with Crippen molar-refractivity contribution in [1.29, 1.82) is 0 Å². The average Bonchev–Trinajstić information content (AvgIpc) is 2.39. The monoisotopic (exact) mass is 260 g/mol. The Morgan fingerprint density at radius 2 is 2.21 bits per heavy atom. The van der Waals surface area contributed by atoms with Gasteiger partial charge in [-0.25, -0.2) is 4.39 Å². The fourth-order valence-corrected chi connectivity index (χ4v) is 1.69. The molecule has 2 N–H and O–H groups in total. The highest BCUT2D eigenvalue weighted by Gasteiger charge is 2.15. The van der Waals surface area contributed by atoms with Gasteiger partial charge >= 0.3 is 0 Å². The fourth-order valence-electron chi connectivity index (χ4n) is 1.69. The molecule has 0 saturated carbocycles. The number of amides is 1. The van der Waals surface area contributed by atoms with Crippen molar-refractivity contribution in [2.24, 2.45) is 0 Å². The van der Waals surface area contributed by atoms with Gasteiger partial charge in [-0.1, -0.05) is 6.07 Å². The maximum Gasteiger partial charge on any atom is 0.255 e. The third-order valence-corrected chi connectivity index (χ3v) is 2.74. The topological polar surface area (TPSA) is 62.2 Å². The number of halogens is 1. The molecule has 0 bridgehead atoms. The van der Waals surface area contributed by atoms with Crippen LogP contribution in [0.25, 0.3) is 0 Å². The van der Waals surface area contributed by atoms with E-state index in [-0.39, 0.29) is 17.4 Å². The molecule has 0 fully saturated rings. The second-order valence-corrected chi connectivity index (χ2v) is 4.14. The summed E-state index contributed by atoms with van der Waals surface area (Å²) in [4.78, 5) is 15.9. The van der Waals surface area contributed by atoms with Gasteiger partial charge < -0.3 is 10.4 Å². The number of carbonyl (C=O) groups excluding carboxylic acids is 1. The molecule has 19 heavy (non-hydrogen) atoms. The summed E-state index contributed by atoms with van der Waals surface area (Å²) < 4.78 is 12.8. The number of aromatic nitrogens is 1. The molecule has 0 spiro atoms. The zero-order chi connectivity index (χ0) is 13.8. The van der Waals surface area contributed by atoms with Crippen molar-refractivity contribution in [2.45, 2.75) is 13.0 Å². The van der Waals surface area contributed by atoms with Crippen LogP contribution < -0.4 is 5.32 Å². The molecule has 0 saturated heterocycles. The first-order chi connectivity index (χ1) is 9.08. The highest BCUT2D eigenvalue weighted by molar-refractivity contribution is 5.96. The van der Waals surface area contributed by atoms with E-state index in [0.717, 1.165) is 17.7 Å². The summed E-state index contributed by atoms with van der Waals surface area (Å²) in [5, 5.41) is 12.2. The molecule has 5 heteroatoms. The lowest BCUT2D eigenvalue weighted by Crippen LogP contribution is -2.26. The van der Waals surface area contributed by atoms with Crippen LogP contribution in [-0.2, 0) is 0 Å². The number of phenols is 1. The Morgan fingerprint density at radius 1 is 1.42 bits per heavy atom. The Kier molecular flexibility index (Phi) is 3.75. The van der Waals surface area contributed by atoms with E-state index in [4.69, 9.17) is 0 Å². The number of rotatable bonds is 3. The summed E-state index contributed by atoms with van der Waals surface area (Å²) in [6.07, 6.45) is 3.29. The third-order valence-electron chi connectivity index (χ3n) is 2.74. The number of carbonyl (C=O) groups is 1. The lowest BCUT2D eigenvalue weighted by atomic mass is 10.1. The van der Waals surface area contributed by atoms with E-state index in [1.807, 2.05) is 6.07 Å². The number of aromatic hydroxyl groups is 1. The predicted octanol–water partition coefficient (Wildman–Crippen LogP) is 2.42. The summed E-state index contributed by atoms with van der Waals surface area (Å²) in [5.74, 6) is -1.43. The van der Waals surface area contributed by atoms with E-state index in [9.17, 15) is 14.3 Å². The Morgan fingerprint density at radius 3 is 2.84 bits per heavy atom. The first-order valence-electron chi connectivity index (χ1n) is 5.77. The molecule has 0 aliphatic carbocycles. The van der Waals surface area contributed by atoms with Crippen LogP contribution in [0.1, 0.15) is 28.9 Å². The number of phenolic OH excluding ortho intramolecular Hbond substituents is 1. The maximum atomic E-state index is 12.8. The molecule has 4 nitrogen and oxygen atoms in total. The summed E-state index contributed by atoms with van der Waals surface area (Å²) in [7, 11) is 0. The van der Waals surface area contributed by atoms with Gasteiger partial charge in [-0.15, -0.1) is 0 Å². The van der Waals surface area contributed by atoms with Gasteiger partial charge in [0.1, 0.15) is 11.6 Å². The van der Waals surface area contributed by atoms with Gasteiger partial charge in [-0.05, 0) is 30.7 Å². The van der Waals surface area contributed by atoms with E-state index in [1.165, 1.54) is 6.07 Å². The Hall–Kier alpha value is -2.43. The number of nitrogens with one attached hydrogen (secondary N) is 1. The van der Waals surface area contributed by atoms with Crippen LogP contribution in [0.15, 0.2) is 42.7 Å². The minimum Gasteiger partial charge on any atom is -0.507 e.